The molecule has 0 aliphatic rings. The van der Waals surface area contributed by atoms with E-state index in [0.29, 0.717) is 5.92 Å². The molecular weight excluding hydrogens is 258 g/mol. The summed E-state index contributed by atoms with van der Waals surface area (Å²) in [5, 5.41) is 3.16. The van der Waals surface area contributed by atoms with Crippen LogP contribution < -0.4 is 10.1 Å². The number of nitrogens with one attached hydrogen (secondary N) is 1. The standard InChI is InChI=1S/C19H25NO/c1-13(2)18-8-7-17(11-14(18)3)21-19-9-6-16(12-20-5)10-15(19)4/h6-11,13,20H,12H2,1-5H3. The Morgan fingerprint density at radius 1 is 1.00 bits per heavy atom. The summed E-state index contributed by atoms with van der Waals surface area (Å²) in [6.07, 6.45) is 0. The highest BCUT2D eigenvalue weighted by atomic mass is 16.5. The van der Waals surface area contributed by atoms with Gasteiger partial charge in [0.05, 0.1) is 0 Å². The maximum absolute atomic E-state index is 6.04. The van der Waals surface area contributed by atoms with Gasteiger partial charge in [0.1, 0.15) is 11.5 Å². The molecule has 0 aliphatic heterocycles. The summed E-state index contributed by atoms with van der Waals surface area (Å²) in [5.41, 5.74) is 5.09. The Morgan fingerprint density at radius 2 is 1.76 bits per heavy atom. The van der Waals surface area contributed by atoms with Gasteiger partial charge in [0.2, 0.25) is 0 Å². The van der Waals surface area contributed by atoms with Crippen LogP contribution in [-0.2, 0) is 6.54 Å². The molecule has 112 valence electrons. The molecule has 0 aliphatic carbocycles. The zero-order valence-corrected chi connectivity index (χ0v) is 13.7. The summed E-state index contributed by atoms with van der Waals surface area (Å²) < 4.78 is 6.04. The van der Waals surface area contributed by atoms with Gasteiger partial charge in [-0.3, -0.25) is 0 Å². The van der Waals surface area contributed by atoms with Crippen LogP contribution in [0.2, 0.25) is 0 Å². The second kappa shape index (κ2) is 6.77. The fourth-order valence-electron chi connectivity index (χ4n) is 2.63. The van der Waals surface area contributed by atoms with E-state index in [0.717, 1.165) is 23.6 Å². The van der Waals surface area contributed by atoms with Crippen LogP contribution in [0, 0.1) is 13.8 Å². The lowest BCUT2D eigenvalue weighted by Crippen LogP contribution is -2.05. The lowest BCUT2D eigenvalue weighted by molar-refractivity contribution is 0.478. The largest absolute Gasteiger partial charge is 0.457 e. The summed E-state index contributed by atoms with van der Waals surface area (Å²) in [6.45, 7) is 9.54. The molecule has 0 amide bonds. The molecule has 2 rings (SSSR count). The molecule has 0 aromatic heterocycles. The summed E-state index contributed by atoms with van der Waals surface area (Å²) >= 11 is 0. The molecule has 0 spiro atoms. The molecule has 0 fully saturated rings. The third kappa shape index (κ3) is 3.85. The third-order valence-electron chi connectivity index (χ3n) is 3.71. The first-order chi connectivity index (χ1) is 10.0. The zero-order chi connectivity index (χ0) is 15.4. The average molecular weight is 283 g/mol. The summed E-state index contributed by atoms with van der Waals surface area (Å²) in [7, 11) is 1.96. The molecule has 0 heterocycles. The first-order valence-electron chi connectivity index (χ1n) is 7.53. The Labute approximate surface area is 128 Å². The van der Waals surface area contributed by atoms with E-state index in [4.69, 9.17) is 4.74 Å². The van der Waals surface area contributed by atoms with Gasteiger partial charge in [-0.05, 0) is 67.3 Å². The number of hydrogen-bond acceptors (Lipinski definition) is 2. The van der Waals surface area contributed by atoms with Gasteiger partial charge in [0.25, 0.3) is 0 Å². The average Bonchev–Trinajstić information content (AvgIpc) is 2.42. The fraction of sp³-hybridized carbons (Fsp3) is 0.368. The van der Waals surface area contributed by atoms with E-state index in [9.17, 15) is 0 Å². The highest BCUT2D eigenvalue weighted by Gasteiger charge is 2.07. The van der Waals surface area contributed by atoms with Crippen molar-refractivity contribution in [3.63, 3.8) is 0 Å². The minimum atomic E-state index is 0.543. The molecule has 2 aromatic rings. The molecule has 21 heavy (non-hydrogen) atoms. The van der Waals surface area contributed by atoms with Crippen LogP contribution in [0.5, 0.6) is 11.5 Å². The van der Waals surface area contributed by atoms with Crippen LogP contribution in [0.3, 0.4) is 0 Å². The Bertz CT molecular complexity index is 617. The van der Waals surface area contributed by atoms with Gasteiger partial charge in [-0.1, -0.05) is 32.0 Å². The van der Waals surface area contributed by atoms with Crippen molar-refractivity contribution in [1.29, 1.82) is 0 Å². The van der Waals surface area contributed by atoms with Gasteiger partial charge in [-0.15, -0.1) is 0 Å². The summed E-state index contributed by atoms with van der Waals surface area (Å²) in [6, 6.07) is 12.7. The van der Waals surface area contributed by atoms with Gasteiger partial charge >= 0.3 is 0 Å². The molecule has 0 atom stereocenters. The van der Waals surface area contributed by atoms with Crippen LogP contribution in [0.25, 0.3) is 0 Å². The normalized spacial score (nSPS) is 11.0. The van der Waals surface area contributed by atoms with Crippen molar-refractivity contribution in [3.05, 3.63) is 58.7 Å². The highest BCUT2D eigenvalue weighted by molar-refractivity contribution is 5.42. The SMILES string of the molecule is CNCc1ccc(Oc2ccc(C(C)C)c(C)c2)c(C)c1. The van der Waals surface area contributed by atoms with Gasteiger partial charge in [-0.2, -0.15) is 0 Å². The zero-order valence-electron chi connectivity index (χ0n) is 13.7. The van der Waals surface area contributed by atoms with E-state index in [1.807, 2.05) is 13.1 Å². The molecule has 0 radical (unpaired) electrons. The molecule has 2 aromatic carbocycles. The Kier molecular flexibility index (Phi) is 5.03. The van der Waals surface area contributed by atoms with Crippen LogP contribution in [0.15, 0.2) is 36.4 Å². The van der Waals surface area contributed by atoms with Crippen molar-refractivity contribution >= 4 is 0 Å². The molecule has 0 saturated carbocycles. The number of aryl methyl sites for hydroxylation is 2. The van der Waals surface area contributed by atoms with Crippen LogP contribution >= 0.6 is 0 Å². The molecule has 1 N–H and O–H groups in total. The number of ether oxygens (including phenoxy) is 1. The predicted molar refractivity (Wildman–Crippen MR) is 89.3 cm³/mol. The quantitative estimate of drug-likeness (QED) is 0.839. The van der Waals surface area contributed by atoms with E-state index in [-0.39, 0.29) is 0 Å². The van der Waals surface area contributed by atoms with E-state index in [1.54, 1.807) is 0 Å². The Balaban J connectivity index is 2.20. The van der Waals surface area contributed by atoms with Crippen LogP contribution in [-0.4, -0.2) is 7.05 Å². The lowest BCUT2D eigenvalue weighted by atomic mass is 9.98. The lowest BCUT2D eigenvalue weighted by Gasteiger charge is -2.14. The molecule has 2 nitrogen and oxygen atoms in total. The second-order valence-electron chi connectivity index (χ2n) is 5.91. The van der Waals surface area contributed by atoms with Gasteiger partial charge in [0, 0.05) is 6.54 Å². The minimum Gasteiger partial charge on any atom is -0.457 e. The van der Waals surface area contributed by atoms with Crippen molar-refractivity contribution in [2.45, 2.75) is 40.2 Å². The van der Waals surface area contributed by atoms with Crippen LogP contribution in [0.1, 0.15) is 42.0 Å². The number of rotatable bonds is 5. The highest BCUT2D eigenvalue weighted by Crippen LogP contribution is 2.29. The molecule has 2 heteroatoms. The molecule has 0 bridgehead atoms. The third-order valence-corrected chi connectivity index (χ3v) is 3.71. The van der Waals surface area contributed by atoms with Crippen molar-refractivity contribution in [2.24, 2.45) is 0 Å². The topological polar surface area (TPSA) is 21.3 Å². The van der Waals surface area contributed by atoms with Crippen LogP contribution in [0.4, 0.5) is 0 Å². The van der Waals surface area contributed by atoms with Gasteiger partial charge in [0.15, 0.2) is 0 Å². The minimum absolute atomic E-state index is 0.543. The summed E-state index contributed by atoms with van der Waals surface area (Å²) in [5.74, 6) is 2.37. The summed E-state index contributed by atoms with van der Waals surface area (Å²) in [4.78, 5) is 0. The van der Waals surface area contributed by atoms with E-state index >= 15 is 0 Å². The van der Waals surface area contributed by atoms with Crippen molar-refractivity contribution in [2.75, 3.05) is 7.05 Å². The number of hydrogen-bond donors (Lipinski definition) is 1. The fourth-order valence-corrected chi connectivity index (χ4v) is 2.63. The van der Waals surface area contributed by atoms with Gasteiger partial charge < -0.3 is 10.1 Å². The first kappa shape index (κ1) is 15.6. The smallest absolute Gasteiger partial charge is 0.130 e. The van der Waals surface area contributed by atoms with Crippen molar-refractivity contribution in [1.82, 2.24) is 5.32 Å². The van der Waals surface area contributed by atoms with E-state index < -0.39 is 0 Å². The predicted octanol–water partition coefficient (Wildman–Crippen LogP) is 4.94. The monoisotopic (exact) mass is 283 g/mol. The number of benzene rings is 2. The van der Waals surface area contributed by atoms with Crippen molar-refractivity contribution < 1.29 is 4.74 Å². The van der Waals surface area contributed by atoms with E-state index in [2.05, 4.69) is 63.3 Å². The van der Waals surface area contributed by atoms with Gasteiger partial charge in [-0.25, -0.2) is 0 Å². The first-order valence-corrected chi connectivity index (χ1v) is 7.53. The molecule has 0 saturated heterocycles. The molecule has 0 unspecified atom stereocenters. The van der Waals surface area contributed by atoms with Crippen molar-refractivity contribution in [3.8, 4) is 11.5 Å². The maximum atomic E-state index is 6.04. The Morgan fingerprint density at radius 3 is 2.33 bits per heavy atom. The Hall–Kier alpha value is -1.80. The maximum Gasteiger partial charge on any atom is 0.130 e. The molecular formula is C19H25NO. The van der Waals surface area contributed by atoms with E-state index in [1.165, 1.54) is 16.7 Å². The second-order valence-corrected chi connectivity index (χ2v) is 5.91.